The Balaban J connectivity index is 2.06. The van der Waals surface area contributed by atoms with E-state index >= 15 is 0 Å². The molecule has 0 fully saturated rings. The van der Waals surface area contributed by atoms with Crippen LogP contribution in [0.5, 0.6) is 5.75 Å². The molecule has 1 heterocycles. The van der Waals surface area contributed by atoms with Crippen molar-refractivity contribution in [3.05, 3.63) is 50.8 Å². The molecule has 7 heteroatoms. The molecule has 1 aromatic rings. The number of ether oxygens (including phenoxy) is 2. The third kappa shape index (κ3) is 5.20. The zero-order valence-corrected chi connectivity index (χ0v) is 21.2. The molecule has 5 nitrogen and oxygen atoms in total. The number of allylic oxidation sites excluding steroid dienone is 3. The quantitative estimate of drug-likeness (QED) is 0.395. The molecular formula is C24H30BrNO4S. The normalized spacial score (nSPS) is 20.3. The number of thioether (sulfide) groups is 1. The molecular weight excluding hydrogens is 478 g/mol. The first-order chi connectivity index (χ1) is 14.7. The van der Waals surface area contributed by atoms with Gasteiger partial charge in [-0.3, -0.25) is 4.79 Å². The predicted octanol–water partition coefficient (Wildman–Crippen LogP) is 5.36. The van der Waals surface area contributed by atoms with Gasteiger partial charge >= 0.3 is 5.97 Å². The first-order valence-electron chi connectivity index (χ1n) is 10.5. The van der Waals surface area contributed by atoms with Crippen LogP contribution < -0.4 is 10.1 Å². The highest BCUT2D eigenvalue weighted by Gasteiger charge is 2.43. The maximum atomic E-state index is 13.3. The van der Waals surface area contributed by atoms with Crippen molar-refractivity contribution in [3.8, 4) is 5.75 Å². The van der Waals surface area contributed by atoms with Crippen molar-refractivity contribution < 1.29 is 19.1 Å². The van der Waals surface area contributed by atoms with Gasteiger partial charge in [0.15, 0.2) is 5.78 Å². The van der Waals surface area contributed by atoms with Crippen LogP contribution in [0.25, 0.3) is 0 Å². The van der Waals surface area contributed by atoms with Crippen LogP contribution in [0.2, 0.25) is 0 Å². The first-order valence-corrected chi connectivity index (χ1v) is 12.5. The second kappa shape index (κ2) is 9.82. The number of halogens is 1. The summed E-state index contributed by atoms with van der Waals surface area (Å²) in [6.45, 7) is 8.51. The van der Waals surface area contributed by atoms with Crippen LogP contribution in [0, 0.1) is 5.41 Å². The van der Waals surface area contributed by atoms with Crippen molar-refractivity contribution in [2.24, 2.45) is 5.41 Å². The summed E-state index contributed by atoms with van der Waals surface area (Å²) in [5.74, 6) is 1.67. The third-order valence-corrected chi connectivity index (χ3v) is 7.12. The maximum Gasteiger partial charge on any atom is 0.336 e. The highest BCUT2D eigenvalue weighted by atomic mass is 79.9. The molecule has 0 unspecified atom stereocenters. The standard InChI is InChI=1S/C24H30BrNO4S/c1-6-31-10-9-30-23(28)20-14(2)26-17-12-24(3,4)13-18(27)22(17)21(20)15-7-8-19(29-5)16(25)11-15/h7-8,11,21,26H,6,9-10,12-13H2,1-5H3/t21-/m0/s1. The zero-order chi connectivity index (χ0) is 22.8. The van der Waals surface area contributed by atoms with Crippen LogP contribution in [0.15, 0.2) is 45.2 Å². The monoisotopic (exact) mass is 507 g/mol. The number of dihydropyridines is 1. The minimum absolute atomic E-state index is 0.0787. The van der Waals surface area contributed by atoms with Gasteiger partial charge in [-0.05, 0) is 58.1 Å². The van der Waals surface area contributed by atoms with E-state index in [9.17, 15) is 9.59 Å². The van der Waals surface area contributed by atoms with Gasteiger partial charge < -0.3 is 14.8 Å². The Morgan fingerprint density at radius 2 is 2.06 bits per heavy atom. The van der Waals surface area contributed by atoms with Crippen molar-refractivity contribution in [2.45, 2.75) is 46.5 Å². The van der Waals surface area contributed by atoms with E-state index in [2.05, 4.69) is 42.0 Å². The number of benzene rings is 1. The lowest BCUT2D eigenvalue weighted by Gasteiger charge is -2.39. The summed E-state index contributed by atoms with van der Waals surface area (Å²) in [4.78, 5) is 26.5. The Hall–Kier alpha value is -1.73. The van der Waals surface area contributed by atoms with E-state index in [0.29, 0.717) is 29.9 Å². The smallest absolute Gasteiger partial charge is 0.336 e. The number of carbonyl (C=O) groups excluding carboxylic acids is 2. The van der Waals surface area contributed by atoms with Gasteiger partial charge in [0.1, 0.15) is 12.4 Å². The van der Waals surface area contributed by atoms with Crippen molar-refractivity contribution in [1.82, 2.24) is 5.32 Å². The van der Waals surface area contributed by atoms with Crippen LogP contribution in [0.3, 0.4) is 0 Å². The van der Waals surface area contributed by atoms with Crippen molar-refractivity contribution >= 4 is 39.4 Å². The summed E-state index contributed by atoms with van der Waals surface area (Å²) in [7, 11) is 1.61. The van der Waals surface area contributed by atoms with Crippen LogP contribution in [-0.4, -0.2) is 37.0 Å². The number of Topliss-reactive ketones (excluding diaryl/α,β-unsaturated/α-hetero) is 1. The van der Waals surface area contributed by atoms with Gasteiger partial charge in [0, 0.05) is 35.1 Å². The van der Waals surface area contributed by atoms with E-state index in [1.807, 2.05) is 25.1 Å². The Kier molecular flexibility index (Phi) is 7.58. The third-order valence-electron chi connectivity index (χ3n) is 5.63. The summed E-state index contributed by atoms with van der Waals surface area (Å²) < 4.78 is 11.8. The lowest BCUT2D eigenvalue weighted by molar-refractivity contribution is -0.138. The SMILES string of the molecule is CCSCCOC(=O)C1=C(C)NC2=C(C(=O)CC(C)(C)C2)[C@H]1c1ccc(OC)c(Br)c1. The highest BCUT2D eigenvalue weighted by molar-refractivity contribution is 9.10. The number of rotatable bonds is 7. The number of hydrogen-bond donors (Lipinski definition) is 1. The predicted molar refractivity (Wildman–Crippen MR) is 128 cm³/mol. The van der Waals surface area contributed by atoms with Crippen molar-refractivity contribution in [1.29, 1.82) is 0 Å². The molecule has 1 aromatic carbocycles. The minimum atomic E-state index is -0.464. The summed E-state index contributed by atoms with van der Waals surface area (Å²) in [6, 6.07) is 5.71. The summed E-state index contributed by atoms with van der Waals surface area (Å²) in [6.07, 6.45) is 1.21. The molecule has 1 atom stereocenters. The molecule has 0 amide bonds. The number of ketones is 1. The van der Waals surface area contributed by atoms with Gasteiger partial charge in [-0.2, -0.15) is 11.8 Å². The van der Waals surface area contributed by atoms with Crippen molar-refractivity contribution in [2.75, 3.05) is 25.2 Å². The Morgan fingerprint density at radius 3 is 2.71 bits per heavy atom. The van der Waals surface area contributed by atoms with Gasteiger partial charge in [0.2, 0.25) is 0 Å². The Morgan fingerprint density at radius 1 is 1.32 bits per heavy atom. The van der Waals surface area contributed by atoms with Crippen molar-refractivity contribution in [3.63, 3.8) is 0 Å². The molecule has 1 aliphatic carbocycles. The molecule has 168 valence electrons. The van der Waals surface area contributed by atoms with E-state index in [4.69, 9.17) is 9.47 Å². The molecule has 0 saturated carbocycles. The fourth-order valence-corrected chi connectivity index (χ4v) is 5.37. The fraction of sp³-hybridized carbons (Fsp3) is 0.500. The molecule has 0 saturated heterocycles. The van der Waals surface area contributed by atoms with Crippen LogP contribution in [0.1, 0.15) is 52.0 Å². The number of carbonyl (C=O) groups is 2. The van der Waals surface area contributed by atoms with Crippen LogP contribution in [-0.2, 0) is 14.3 Å². The molecule has 1 aliphatic heterocycles. The largest absolute Gasteiger partial charge is 0.496 e. The topological polar surface area (TPSA) is 64.6 Å². The summed E-state index contributed by atoms with van der Waals surface area (Å²) in [5.41, 5.74) is 3.58. The average Bonchev–Trinajstić information content (AvgIpc) is 2.69. The number of hydrogen-bond acceptors (Lipinski definition) is 6. The summed E-state index contributed by atoms with van der Waals surface area (Å²) >= 11 is 5.28. The molecule has 0 aromatic heterocycles. The van der Waals surface area contributed by atoms with Crippen LogP contribution >= 0.6 is 27.7 Å². The zero-order valence-electron chi connectivity index (χ0n) is 18.8. The van der Waals surface area contributed by atoms with E-state index in [1.165, 1.54) is 0 Å². The second-order valence-corrected chi connectivity index (χ2v) is 10.9. The molecule has 31 heavy (non-hydrogen) atoms. The average molecular weight is 508 g/mol. The van der Waals surface area contributed by atoms with E-state index in [-0.39, 0.29) is 17.2 Å². The van der Waals surface area contributed by atoms with Gasteiger partial charge in [0.05, 0.1) is 17.2 Å². The fourth-order valence-electron chi connectivity index (χ4n) is 4.32. The number of methoxy groups -OCH3 is 1. The van der Waals surface area contributed by atoms with E-state index in [0.717, 1.165) is 39.4 Å². The second-order valence-electron chi connectivity index (χ2n) is 8.66. The maximum absolute atomic E-state index is 13.3. The number of esters is 1. The van der Waals surface area contributed by atoms with Gasteiger partial charge in [-0.15, -0.1) is 0 Å². The highest BCUT2D eigenvalue weighted by Crippen LogP contribution is 2.47. The Labute approximate surface area is 197 Å². The summed E-state index contributed by atoms with van der Waals surface area (Å²) in [5, 5.41) is 3.37. The minimum Gasteiger partial charge on any atom is -0.496 e. The van der Waals surface area contributed by atoms with E-state index < -0.39 is 5.92 Å². The molecule has 0 radical (unpaired) electrons. The van der Waals surface area contributed by atoms with Gasteiger partial charge in [0.25, 0.3) is 0 Å². The Bertz CT molecular complexity index is 951. The molecule has 0 spiro atoms. The molecule has 0 bridgehead atoms. The van der Waals surface area contributed by atoms with Gasteiger partial charge in [-0.25, -0.2) is 4.79 Å². The lowest BCUT2D eigenvalue weighted by atomic mass is 9.68. The molecule has 3 rings (SSSR count). The number of nitrogens with one attached hydrogen (secondary N) is 1. The first kappa shape index (κ1) is 23.9. The van der Waals surface area contributed by atoms with E-state index in [1.54, 1.807) is 18.9 Å². The lowest BCUT2D eigenvalue weighted by Crippen LogP contribution is -2.38. The van der Waals surface area contributed by atoms with Gasteiger partial charge in [-0.1, -0.05) is 26.8 Å². The molecule has 1 N–H and O–H groups in total. The molecule has 2 aliphatic rings. The van der Waals surface area contributed by atoms with Crippen LogP contribution in [0.4, 0.5) is 0 Å².